The number of carbonyl (C=O) groups excluding carboxylic acids is 2. The molecule has 3 rings (SSSR count). The van der Waals surface area contributed by atoms with Crippen molar-refractivity contribution in [3.05, 3.63) is 94.0 Å². The van der Waals surface area contributed by atoms with Crippen molar-refractivity contribution in [3.8, 4) is 0 Å². The summed E-state index contributed by atoms with van der Waals surface area (Å²) in [6, 6.07) is 14.4. The fourth-order valence-corrected chi connectivity index (χ4v) is 6.04. The van der Waals surface area contributed by atoms with Gasteiger partial charge in [0.25, 0.3) is 10.0 Å². The molecule has 7 nitrogen and oxygen atoms in total. The molecule has 0 aliphatic heterocycles. The van der Waals surface area contributed by atoms with E-state index in [9.17, 15) is 31.2 Å². The van der Waals surface area contributed by atoms with Crippen LogP contribution in [0.1, 0.15) is 38.3 Å². The predicted molar refractivity (Wildman–Crippen MR) is 157 cm³/mol. The summed E-state index contributed by atoms with van der Waals surface area (Å²) in [4.78, 5) is 28.1. The van der Waals surface area contributed by atoms with Gasteiger partial charge < -0.3 is 10.2 Å². The van der Waals surface area contributed by atoms with Gasteiger partial charge in [-0.3, -0.25) is 13.9 Å². The number of alkyl halides is 3. The Bertz CT molecular complexity index is 1500. The lowest BCUT2D eigenvalue weighted by Crippen LogP contribution is -2.53. The van der Waals surface area contributed by atoms with E-state index < -0.39 is 51.9 Å². The van der Waals surface area contributed by atoms with Gasteiger partial charge in [-0.05, 0) is 68.3 Å². The molecule has 3 aromatic carbocycles. The second-order valence-corrected chi connectivity index (χ2v) is 12.4. The van der Waals surface area contributed by atoms with E-state index in [2.05, 4.69) is 5.32 Å². The molecule has 226 valence electrons. The van der Waals surface area contributed by atoms with E-state index >= 15 is 0 Å². The molecular weight excluding hydrogens is 614 g/mol. The minimum Gasteiger partial charge on any atom is -0.352 e. The Morgan fingerprint density at radius 1 is 0.952 bits per heavy atom. The summed E-state index contributed by atoms with van der Waals surface area (Å²) in [6.07, 6.45) is -4.64. The quantitative estimate of drug-likeness (QED) is 0.257. The SMILES string of the molecule is CCC(C(=O)NC(C)C)N(Cc1ccc(Cl)cc1)C(=O)CN(c1cc(C(F)(F)F)ccc1Cl)S(=O)(=O)c1ccccc1. The van der Waals surface area contributed by atoms with Crippen LogP contribution in [0.3, 0.4) is 0 Å². The third kappa shape index (κ3) is 8.17. The van der Waals surface area contributed by atoms with Gasteiger partial charge >= 0.3 is 6.18 Å². The highest BCUT2D eigenvalue weighted by molar-refractivity contribution is 7.92. The van der Waals surface area contributed by atoms with Gasteiger partial charge in [-0.15, -0.1) is 0 Å². The third-order valence-electron chi connectivity index (χ3n) is 6.24. The molecule has 1 unspecified atom stereocenters. The number of hydrogen-bond acceptors (Lipinski definition) is 4. The number of halogens is 5. The van der Waals surface area contributed by atoms with Crippen LogP contribution in [0.25, 0.3) is 0 Å². The molecule has 0 radical (unpaired) electrons. The molecule has 0 fully saturated rings. The average Bonchev–Trinajstić information content (AvgIpc) is 2.92. The van der Waals surface area contributed by atoms with Crippen molar-refractivity contribution >= 4 is 50.7 Å². The van der Waals surface area contributed by atoms with Crippen LogP contribution in [-0.4, -0.2) is 43.8 Å². The number of sulfonamides is 1. The maximum Gasteiger partial charge on any atom is 0.416 e. The van der Waals surface area contributed by atoms with Gasteiger partial charge in [0.1, 0.15) is 12.6 Å². The lowest BCUT2D eigenvalue weighted by Gasteiger charge is -2.34. The molecule has 13 heteroatoms. The Balaban J connectivity index is 2.15. The van der Waals surface area contributed by atoms with Gasteiger partial charge in [0.2, 0.25) is 11.8 Å². The van der Waals surface area contributed by atoms with E-state index in [-0.39, 0.29) is 28.9 Å². The van der Waals surface area contributed by atoms with Gasteiger partial charge in [0, 0.05) is 17.6 Å². The summed E-state index contributed by atoms with van der Waals surface area (Å²) in [7, 11) is -4.60. The van der Waals surface area contributed by atoms with E-state index in [1.165, 1.54) is 29.2 Å². The molecular formula is C29H30Cl2F3N3O4S. The van der Waals surface area contributed by atoms with Crippen LogP contribution in [0.2, 0.25) is 10.0 Å². The first-order valence-electron chi connectivity index (χ1n) is 12.9. The molecule has 0 spiro atoms. The van der Waals surface area contributed by atoms with Crippen molar-refractivity contribution in [1.29, 1.82) is 0 Å². The minimum absolute atomic E-state index is 0.102. The Hall–Kier alpha value is -3.28. The van der Waals surface area contributed by atoms with Crippen LogP contribution in [-0.2, 0) is 32.3 Å². The molecule has 3 aromatic rings. The zero-order chi connectivity index (χ0) is 31.2. The largest absolute Gasteiger partial charge is 0.416 e. The van der Waals surface area contributed by atoms with Crippen molar-refractivity contribution in [2.24, 2.45) is 0 Å². The van der Waals surface area contributed by atoms with Crippen LogP contribution in [0.15, 0.2) is 77.7 Å². The summed E-state index contributed by atoms with van der Waals surface area (Å²) in [5.41, 5.74) is -1.09. The molecule has 0 aliphatic rings. The zero-order valence-corrected chi connectivity index (χ0v) is 25.4. The standard InChI is InChI=1S/C29H30Cl2F3N3O4S/c1-4-25(28(39)35-19(2)3)36(17-20-10-13-22(30)14-11-20)27(38)18-37(42(40,41)23-8-6-5-7-9-23)26-16-21(29(32,33)34)12-15-24(26)31/h5-16,19,25H,4,17-18H2,1-3H3,(H,35,39). The molecule has 2 amide bonds. The summed E-state index contributed by atoms with van der Waals surface area (Å²) < 4.78 is 69.2. The van der Waals surface area contributed by atoms with Gasteiger partial charge in [0.05, 0.1) is 21.2 Å². The minimum atomic E-state index is -4.81. The molecule has 0 heterocycles. The molecule has 0 aliphatic carbocycles. The van der Waals surface area contributed by atoms with Crippen LogP contribution in [0.5, 0.6) is 0 Å². The molecule has 1 atom stereocenters. The van der Waals surface area contributed by atoms with Crippen molar-refractivity contribution < 1.29 is 31.2 Å². The Morgan fingerprint density at radius 2 is 1.57 bits per heavy atom. The number of rotatable bonds is 11. The van der Waals surface area contributed by atoms with Gasteiger partial charge in [-0.25, -0.2) is 8.42 Å². The molecule has 0 saturated heterocycles. The van der Waals surface area contributed by atoms with Gasteiger partial charge in [0.15, 0.2) is 0 Å². The lowest BCUT2D eigenvalue weighted by atomic mass is 10.1. The Morgan fingerprint density at radius 3 is 2.12 bits per heavy atom. The maximum atomic E-state index is 14.0. The first-order valence-corrected chi connectivity index (χ1v) is 15.1. The highest BCUT2D eigenvalue weighted by Gasteiger charge is 2.37. The van der Waals surface area contributed by atoms with E-state index in [1.54, 1.807) is 51.1 Å². The summed E-state index contributed by atoms with van der Waals surface area (Å²) in [6.45, 7) is 4.15. The van der Waals surface area contributed by atoms with Gasteiger partial charge in [-0.2, -0.15) is 13.2 Å². The lowest BCUT2D eigenvalue weighted by molar-refractivity contribution is -0.140. The first kappa shape index (κ1) is 33.2. The Kier molecular flexibility index (Phi) is 10.9. The normalized spacial score (nSPS) is 12.6. The monoisotopic (exact) mass is 643 g/mol. The fraction of sp³-hybridized carbons (Fsp3) is 0.310. The number of amides is 2. The molecule has 1 N–H and O–H groups in total. The molecule has 42 heavy (non-hydrogen) atoms. The number of anilines is 1. The maximum absolute atomic E-state index is 14.0. The predicted octanol–water partition coefficient (Wildman–Crippen LogP) is 6.54. The van der Waals surface area contributed by atoms with Crippen LogP contribution < -0.4 is 9.62 Å². The Labute approximate surface area is 253 Å². The highest BCUT2D eigenvalue weighted by Crippen LogP contribution is 2.37. The fourth-order valence-electron chi connectivity index (χ4n) is 4.20. The first-order chi connectivity index (χ1) is 19.6. The number of benzene rings is 3. The van der Waals surface area contributed by atoms with Crippen molar-refractivity contribution in [2.75, 3.05) is 10.8 Å². The smallest absolute Gasteiger partial charge is 0.352 e. The number of carbonyl (C=O) groups is 2. The second kappa shape index (κ2) is 13.8. The van der Waals surface area contributed by atoms with E-state index in [0.29, 0.717) is 21.0 Å². The topological polar surface area (TPSA) is 86.8 Å². The van der Waals surface area contributed by atoms with E-state index in [4.69, 9.17) is 23.2 Å². The van der Waals surface area contributed by atoms with E-state index in [1.807, 2.05) is 0 Å². The summed E-state index contributed by atoms with van der Waals surface area (Å²) in [5, 5.41) is 2.90. The van der Waals surface area contributed by atoms with Crippen molar-refractivity contribution in [2.45, 2.75) is 56.9 Å². The molecule has 0 aromatic heterocycles. The number of nitrogens with one attached hydrogen (secondary N) is 1. The summed E-state index contributed by atoms with van der Waals surface area (Å²) >= 11 is 12.3. The second-order valence-electron chi connectivity index (χ2n) is 9.72. The average molecular weight is 645 g/mol. The number of nitrogens with zero attached hydrogens (tertiary/aromatic N) is 2. The van der Waals surface area contributed by atoms with Crippen molar-refractivity contribution in [3.63, 3.8) is 0 Å². The van der Waals surface area contributed by atoms with Crippen LogP contribution in [0.4, 0.5) is 18.9 Å². The highest BCUT2D eigenvalue weighted by atomic mass is 35.5. The molecule has 0 bridgehead atoms. The number of hydrogen-bond donors (Lipinski definition) is 1. The molecule has 0 saturated carbocycles. The third-order valence-corrected chi connectivity index (χ3v) is 8.58. The summed E-state index contributed by atoms with van der Waals surface area (Å²) in [5.74, 6) is -1.30. The zero-order valence-electron chi connectivity index (χ0n) is 23.0. The van der Waals surface area contributed by atoms with Crippen LogP contribution in [0, 0.1) is 0 Å². The van der Waals surface area contributed by atoms with Crippen LogP contribution >= 0.6 is 23.2 Å². The van der Waals surface area contributed by atoms with Crippen molar-refractivity contribution in [1.82, 2.24) is 10.2 Å². The van der Waals surface area contributed by atoms with Gasteiger partial charge in [-0.1, -0.05) is 60.5 Å². The van der Waals surface area contributed by atoms with E-state index in [0.717, 1.165) is 12.1 Å².